The Morgan fingerprint density at radius 2 is 1.74 bits per heavy atom. The van der Waals surface area contributed by atoms with Crippen LogP contribution in [0.1, 0.15) is 48.8 Å². The van der Waals surface area contributed by atoms with Gasteiger partial charge >= 0.3 is 5.97 Å². The van der Waals surface area contributed by atoms with Crippen LogP contribution in [0, 0.1) is 5.92 Å². The number of likely N-dealkylation sites (N-methyl/N-ethyl adjacent to an activating group) is 1. The van der Waals surface area contributed by atoms with Crippen molar-refractivity contribution in [2.75, 3.05) is 34.0 Å². The molecule has 2 aromatic rings. The van der Waals surface area contributed by atoms with Crippen LogP contribution in [0.4, 0.5) is 0 Å². The van der Waals surface area contributed by atoms with Crippen molar-refractivity contribution in [2.24, 2.45) is 5.92 Å². The van der Waals surface area contributed by atoms with E-state index >= 15 is 0 Å². The number of hydrogen-bond acceptors (Lipinski definition) is 6. The number of benzene rings is 2. The number of carbonyl (C=O) groups is 2. The van der Waals surface area contributed by atoms with E-state index < -0.39 is 17.9 Å². The summed E-state index contributed by atoms with van der Waals surface area (Å²) in [6.07, 6.45) is 4.35. The Morgan fingerprint density at radius 3 is 2.43 bits per heavy atom. The molecule has 3 atom stereocenters. The van der Waals surface area contributed by atoms with Gasteiger partial charge in [-0.1, -0.05) is 31.0 Å². The second kappa shape index (κ2) is 9.77. The Hall–Kier alpha value is -3.26. The van der Waals surface area contributed by atoms with Crippen molar-refractivity contribution in [3.63, 3.8) is 0 Å². The fraction of sp³-hybridized carbons (Fsp3) is 0.481. The topological polar surface area (TPSA) is 88.5 Å². The van der Waals surface area contributed by atoms with Crippen molar-refractivity contribution >= 4 is 11.9 Å². The zero-order chi connectivity index (χ0) is 24.5. The number of carboxylic acids is 1. The molecule has 1 saturated carbocycles. The van der Waals surface area contributed by atoms with Crippen molar-refractivity contribution in [3.8, 4) is 17.2 Å². The molecule has 2 aliphatic heterocycles. The van der Waals surface area contributed by atoms with Gasteiger partial charge in [0.05, 0.1) is 19.6 Å². The maximum atomic E-state index is 13.3. The summed E-state index contributed by atoms with van der Waals surface area (Å²) in [7, 11) is 3.48. The van der Waals surface area contributed by atoms with E-state index in [1.807, 2.05) is 59.3 Å². The smallest absolute Gasteiger partial charge is 0.309 e. The van der Waals surface area contributed by atoms with Gasteiger partial charge in [0.2, 0.25) is 12.7 Å². The second-order valence-electron chi connectivity index (χ2n) is 9.67. The van der Waals surface area contributed by atoms with Crippen LogP contribution in [-0.2, 0) is 9.59 Å². The maximum absolute atomic E-state index is 13.3. The minimum absolute atomic E-state index is 0.0332. The number of hydrogen-bond donors (Lipinski definition) is 1. The van der Waals surface area contributed by atoms with Crippen LogP contribution in [0.2, 0.25) is 0 Å². The number of fused-ring (bicyclic) bond motifs is 1. The predicted molar refractivity (Wildman–Crippen MR) is 129 cm³/mol. The third-order valence-electron chi connectivity index (χ3n) is 7.77. The summed E-state index contributed by atoms with van der Waals surface area (Å²) < 4.78 is 16.3. The maximum Gasteiger partial charge on any atom is 0.309 e. The standard InChI is InChI=1S/C27H32N2O6/c1-28(19-5-3-4-6-19)24(30)15-29-14-21(18-9-12-22-23(13-18)35-16-34-22)25(27(31)32)26(29)17-7-10-20(33-2)11-8-17/h7-13,19,21,25-26H,3-6,14-16H2,1-2H3,(H,31,32). The first-order valence-corrected chi connectivity index (χ1v) is 12.2. The summed E-state index contributed by atoms with van der Waals surface area (Å²) in [5, 5.41) is 10.4. The van der Waals surface area contributed by atoms with Crippen LogP contribution in [-0.4, -0.2) is 66.9 Å². The van der Waals surface area contributed by atoms with Gasteiger partial charge in [0.15, 0.2) is 11.5 Å². The van der Waals surface area contributed by atoms with E-state index in [0.29, 0.717) is 23.8 Å². The van der Waals surface area contributed by atoms with E-state index in [-0.39, 0.29) is 31.2 Å². The number of carbonyl (C=O) groups excluding carboxylic acids is 1. The minimum Gasteiger partial charge on any atom is -0.497 e. The molecule has 1 N–H and O–H groups in total. The number of nitrogens with zero attached hydrogens (tertiary/aromatic N) is 2. The highest BCUT2D eigenvalue weighted by atomic mass is 16.7. The molecule has 2 heterocycles. The molecular formula is C27H32N2O6. The molecule has 1 amide bonds. The van der Waals surface area contributed by atoms with E-state index in [1.54, 1.807) is 7.11 Å². The lowest BCUT2D eigenvalue weighted by Crippen LogP contribution is -2.43. The fourth-order valence-electron chi connectivity index (χ4n) is 5.85. The van der Waals surface area contributed by atoms with Gasteiger partial charge in [0.25, 0.3) is 0 Å². The van der Waals surface area contributed by atoms with Crippen LogP contribution >= 0.6 is 0 Å². The molecule has 0 spiro atoms. The quantitative estimate of drug-likeness (QED) is 0.647. The first-order valence-electron chi connectivity index (χ1n) is 12.2. The zero-order valence-corrected chi connectivity index (χ0v) is 20.2. The van der Waals surface area contributed by atoms with Crippen LogP contribution in [0.15, 0.2) is 42.5 Å². The number of rotatable bonds is 7. The minimum atomic E-state index is -0.882. The summed E-state index contributed by atoms with van der Waals surface area (Å²) in [6, 6.07) is 12.9. The predicted octanol–water partition coefficient (Wildman–Crippen LogP) is 3.67. The highest BCUT2D eigenvalue weighted by molar-refractivity contribution is 5.79. The Kier molecular flexibility index (Phi) is 6.56. The number of aliphatic carboxylic acids is 1. The average molecular weight is 481 g/mol. The SMILES string of the molecule is COc1ccc(C2C(C(=O)O)C(c3ccc4c(c3)OCO4)CN2CC(=O)N(C)C2CCCC2)cc1. The summed E-state index contributed by atoms with van der Waals surface area (Å²) in [5.41, 5.74) is 1.73. The highest BCUT2D eigenvalue weighted by Crippen LogP contribution is 2.47. The molecule has 8 nitrogen and oxygen atoms in total. The van der Waals surface area contributed by atoms with Crippen molar-refractivity contribution in [2.45, 2.75) is 43.7 Å². The van der Waals surface area contributed by atoms with Gasteiger partial charge in [0.1, 0.15) is 5.75 Å². The fourth-order valence-corrected chi connectivity index (χ4v) is 5.85. The normalized spacial score (nSPS) is 24.0. The Morgan fingerprint density at radius 1 is 1.06 bits per heavy atom. The highest BCUT2D eigenvalue weighted by Gasteiger charge is 2.48. The van der Waals surface area contributed by atoms with Gasteiger partial charge in [-0.2, -0.15) is 0 Å². The summed E-state index contributed by atoms with van der Waals surface area (Å²) >= 11 is 0. The van der Waals surface area contributed by atoms with E-state index in [9.17, 15) is 14.7 Å². The molecule has 35 heavy (non-hydrogen) atoms. The van der Waals surface area contributed by atoms with Crippen LogP contribution < -0.4 is 14.2 Å². The molecule has 3 aliphatic rings. The van der Waals surface area contributed by atoms with Gasteiger partial charge in [-0.15, -0.1) is 0 Å². The molecule has 2 aromatic carbocycles. The monoisotopic (exact) mass is 480 g/mol. The zero-order valence-electron chi connectivity index (χ0n) is 20.2. The molecule has 8 heteroatoms. The first-order chi connectivity index (χ1) is 17.0. The Balaban J connectivity index is 1.48. The summed E-state index contributed by atoms with van der Waals surface area (Å²) in [6.45, 7) is 0.792. The molecule has 0 aromatic heterocycles. The molecule has 5 rings (SSSR count). The lowest BCUT2D eigenvalue weighted by Gasteiger charge is -2.30. The van der Waals surface area contributed by atoms with Gasteiger partial charge in [0, 0.05) is 31.6 Å². The molecule has 0 radical (unpaired) electrons. The van der Waals surface area contributed by atoms with Crippen molar-refractivity contribution in [1.82, 2.24) is 9.80 Å². The third kappa shape index (κ3) is 4.55. The Bertz CT molecular complexity index is 1080. The van der Waals surface area contributed by atoms with Crippen LogP contribution in [0.5, 0.6) is 17.2 Å². The molecule has 186 valence electrons. The van der Waals surface area contributed by atoms with Crippen LogP contribution in [0.25, 0.3) is 0 Å². The van der Waals surface area contributed by atoms with Crippen molar-refractivity contribution in [3.05, 3.63) is 53.6 Å². The van der Waals surface area contributed by atoms with Crippen molar-refractivity contribution < 1.29 is 28.9 Å². The molecule has 1 saturated heterocycles. The van der Waals surface area contributed by atoms with Crippen molar-refractivity contribution in [1.29, 1.82) is 0 Å². The number of carboxylic acid groups (broad SMARTS) is 1. The summed E-state index contributed by atoms with van der Waals surface area (Å²) in [4.78, 5) is 29.9. The number of methoxy groups -OCH3 is 1. The molecule has 2 fully saturated rings. The van der Waals surface area contributed by atoms with Gasteiger partial charge in [-0.3, -0.25) is 14.5 Å². The lowest BCUT2D eigenvalue weighted by atomic mass is 9.82. The molecule has 3 unspecified atom stereocenters. The Labute approximate surface area is 205 Å². The van der Waals surface area contributed by atoms with E-state index in [0.717, 1.165) is 36.8 Å². The summed E-state index contributed by atoms with van der Waals surface area (Å²) in [5.74, 6) is 0.110. The number of likely N-dealkylation sites (tertiary alicyclic amines) is 1. The number of amides is 1. The van der Waals surface area contributed by atoms with Gasteiger partial charge in [-0.25, -0.2) is 0 Å². The van der Waals surface area contributed by atoms with Gasteiger partial charge in [-0.05, 0) is 48.2 Å². The average Bonchev–Trinajstić information content (AvgIpc) is 3.63. The van der Waals surface area contributed by atoms with E-state index in [4.69, 9.17) is 14.2 Å². The van der Waals surface area contributed by atoms with Crippen LogP contribution in [0.3, 0.4) is 0 Å². The first kappa shape index (κ1) is 23.5. The number of ether oxygens (including phenoxy) is 3. The van der Waals surface area contributed by atoms with Gasteiger partial charge < -0.3 is 24.2 Å². The largest absolute Gasteiger partial charge is 0.497 e. The van der Waals surface area contributed by atoms with E-state index in [2.05, 4.69) is 0 Å². The molecule has 0 bridgehead atoms. The molecular weight excluding hydrogens is 448 g/mol. The molecule has 1 aliphatic carbocycles. The second-order valence-corrected chi connectivity index (χ2v) is 9.67. The third-order valence-corrected chi connectivity index (χ3v) is 7.77. The lowest BCUT2D eigenvalue weighted by molar-refractivity contribution is -0.144. The van der Waals surface area contributed by atoms with E-state index in [1.165, 1.54) is 0 Å².